The zero-order valence-corrected chi connectivity index (χ0v) is 12.5. The number of benzene rings is 2. The summed E-state index contributed by atoms with van der Waals surface area (Å²) in [4.78, 5) is 24.5. The zero-order chi connectivity index (χ0) is 16.1. The van der Waals surface area contributed by atoms with Crippen LogP contribution >= 0.6 is 0 Å². The molecule has 5 nitrogen and oxygen atoms in total. The van der Waals surface area contributed by atoms with Crippen LogP contribution in [-0.4, -0.2) is 29.6 Å². The second-order valence-corrected chi connectivity index (χ2v) is 5.29. The third-order valence-corrected chi connectivity index (χ3v) is 3.76. The van der Waals surface area contributed by atoms with Crippen LogP contribution in [0.3, 0.4) is 0 Å². The fraction of sp³-hybridized carbons (Fsp3) is 0.222. The molecule has 0 spiro atoms. The smallest absolute Gasteiger partial charge is 0.295 e. The first-order valence-electron chi connectivity index (χ1n) is 7.38. The van der Waals surface area contributed by atoms with Crippen molar-refractivity contribution in [3.05, 3.63) is 71.8 Å². The summed E-state index contributed by atoms with van der Waals surface area (Å²) in [6.07, 6.45) is -1.42. The van der Waals surface area contributed by atoms with Gasteiger partial charge in [0, 0.05) is 6.54 Å². The molecule has 118 valence electrons. The summed E-state index contributed by atoms with van der Waals surface area (Å²) in [5.74, 6) is -0.170. The molecule has 0 aromatic heterocycles. The van der Waals surface area contributed by atoms with E-state index >= 15 is 0 Å². The van der Waals surface area contributed by atoms with Gasteiger partial charge in [0.2, 0.25) is 6.23 Å². The molecule has 23 heavy (non-hydrogen) atoms. The van der Waals surface area contributed by atoms with Gasteiger partial charge in [0.1, 0.15) is 0 Å². The van der Waals surface area contributed by atoms with Crippen molar-refractivity contribution in [3.8, 4) is 0 Å². The molecule has 1 amide bonds. The Labute approximate surface area is 134 Å². The molecule has 2 atom stereocenters. The van der Waals surface area contributed by atoms with Gasteiger partial charge in [0.05, 0.1) is 6.61 Å². The summed E-state index contributed by atoms with van der Waals surface area (Å²) in [5, 5.41) is 0. The minimum Gasteiger partial charge on any atom is -0.440 e. The van der Waals surface area contributed by atoms with Gasteiger partial charge in [-0.05, 0) is 11.1 Å². The van der Waals surface area contributed by atoms with Crippen molar-refractivity contribution in [2.45, 2.75) is 25.5 Å². The van der Waals surface area contributed by atoms with Crippen molar-refractivity contribution in [1.82, 2.24) is 4.90 Å². The molecule has 0 unspecified atom stereocenters. The highest BCUT2D eigenvalue weighted by Gasteiger charge is 2.50. The lowest BCUT2D eigenvalue weighted by molar-refractivity contribution is -0.217. The van der Waals surface area contributed by atoms with E-state index in [0.717, 1.165) is 11.1 Å². The Balaban J connectivity index is 1.63. The van der Waals surface area contributed by atoms with Gasteiger partial charge in [0.25, 0.3) is 12.4 Å². The second-order valence-electron chi connectivity index (χ2n) is 5.29. The fourth-order valence-corrected chi connectivity index (χ4v) is 2.56. The molecule has 5 heteroatoms. The van der Waals surface area contributed by atoms with E-state index in [1.807, 2.05) is 60.7 Å². The molecule has 2 aromatic rings. The van der Waals surface area contributed by atoms with E-state index in [-0.39, 0.29) is 5.91 Å². The molecule has 1 fully saturated rings. The summed E-state index contributed by atoms with van der Waals surface area (Å²) in [6, 6.07) is 19.1. The number of likely N-dealkylation sites (tertiary alicyclic amines) is 1. The number of carbonyl (C=O) groups excluding carboxylic acids is 2. The minimum atomic E-state index is -0.746. The molecular weight excluding hydrogens is 294 g/mol. The first-order valence-corrected chi connectivity index (χ1v) is 7.38. The average molecular weight is 311 g/mol. The van der Waals surface area contributed by atoms with Crippen LogP contribution in [0.25, 0.3) is 0 Å². The minimum absolute atomic E-state index is 0.170. The van der Waals surface area contributed by atoms with Gasteiger partial charge in [-0.15, -0.1) is 0 Å². The standard InChI is InChI=1S/C18H17NO4/c20-13-23-18-16(22-12-15-9-5-2-6-10-15)17(21)19(18)11-14-7-3-1-4-8-14/h1-10,13,16,18H,11-12H2/t16-,18-/m1/s1. The lowest BCUT2D eigenvalue weighted by atomic mass is 10.1. The van der Waals surface area contributed by atoms with E-state index in [2.05, 4.69) is 0 Å². The number of rotatable bonds is 7. The molecule has 1 heterocycles. The highest BCUT2D eigenvalue weighted by molar-refractivity contribution is 5.88. The third kappa shape index (κ3) is 3.40. The molecule has 0 N–H and O–H groups in total. The number of β-lactam (4-membered cyclic amide) rings is 1. The number of carbonyl (C=O) groups is 2. The Morgan fingerprint density at radius 3 is 2.17 bits per heavy atom. The van der Waals surface area contributed by atoms with Crippen molar-refractivity contribution < 1.29 is 19.1 Å². The summed E-state index contributed by atoms with van der Waals surface area (Å²) in [5.41, 5.74) is 1.94. The number of hydrogen-bond acceptors (Lipinski definition) is 4. The molecule has 2 aromatic carbocycles. The maximum Gasteiger partial charge on any atom is 0.295 e. The normalized spacial score (nSPS) is 20.0. The van der Waals surface area contributed by atoms with Gasteiger partial charge in [-0.25, -0.2) is 0 Å². The molecule has 0 aliphatic carbocycles. The van der Waals surface area contributed by atoms with Crippen molar-refractivity contribution >= 4 is 12.4 Å². The highest BCUT2D eigenvalue weighted by atomic mass is 16.6. The first kappa shape index (κ1) is 15.2. The topological polar surface area (TPSA) is 55.8 Å². The lowest BCUT2D eigenvalue weighted by Gasteiger charge is -2.44. The van der Waals surface area contributed by atoms with E-state index < -0.39 is 12.3 Å². The van der Waals surface area contributed by atoms with Crippen molar-refractivity contribution in [2.75, 3.05) is 0 Å². The maximum absolute atomic E-state index is 12.3. The Morgan fingerprint density at radius 1 is 0.957 bits per heavy atom. The van der Waals surface area contributed by atoms with Crippen LogP contribution in [0.4, 0.5) is 0 Å². The van der Waals surface area contributed by atoms with Gasteiger partial charge in [-0.1, -0.05) is 60.7 Å². The Morgan fingerprint density at radius 2 is 1.57 bits per heavy atom. The maximum atomic E-state index is 12.3. The largest absolute Gasteiger partial charge is 0.440 e. The van der Waals surface area contributed by atoms with Crippen LogP contribution < -0.4 is 0 Å². The predicted octanol–water partition coefficient (Wildman–Crippen LogP) is 2.11. The van der Waals surface area contributed by atoms with Gasteiger partial charge in [-0.2, -0.15) is 0 Å². The van der Waals surface area contributed by atoms with E-state index in [9.17, 15) is 9.59 Å². The molecule has 0 bridgehead atoms. The number of amides is 1. The lowest BCUT2D eigenvalue weighted by Crippen LogP contribution is -2.66. The molecule has 3 rings (SSSR count). The van der Waals surface area contributed by atoms with Crippen molar-refractivity contribution in [1.29, 1.82) is 0 Å². The number of ether oxygens (including phenoxy) is 2. The molecular formula is C18H17NO4. The van der Waals surface area contributed by atoms with Gasteiger partial charge < -0.3 is 9.47 Å². The van der Waals surface area contributed by atoms with E-state index in [1.54, 1.807) is 0 Å². The van der Waals surface area contributed by atoms with Crippen LogP contribution in [-0.2, 0) is 32.2 Å². The molecule has 0 radical (unpaired) electrons. The molecule has 1 aliphatic heterocycles. The van der Waals surface area contributed by atoms with Gasteiger partial charge >= 0.3 is 0 Å². The monoisotopic (exact) mass is 311 g/mol. The summed E-state index contributed by atoms with van der Waals surface area (Å²) in [7, 11) is 0. The van der Waals surface area contributed by atoms with Gasteiger partial charge in [-0.3, -0.25) is 14.5 Å². The Bertz CT molecular complexity index is 659. The molecule has 0 saturated carbocycles. The van der Waals surface area contributed by atoms with E-state index in [1.165, 1.54) is 4.90 Å². The molecule has 1 saturated heterocycles. The second kappa shape index (κ2) is 7.07. The summed E-state index contributed by atoms with van der Waals surface area (Å²) in [6.45, 7) is 1.05. The van der Waals surface area contributed by atoms with Crippen LogP contribution in [0.15, 0.2) is 60.7 Å². The summed E-state index contributed by atoms with van der Waals surface area (Å²) >= 11 is 0. The third-order valence-electron chi connectivity index (χ3n) is 3.76. The zero-order valence-electron chi connectivity index (χ0n) is 12.5. The van der Waals surface area contributed by atoms with E-state index in [0.29, 0.717) is 19.6 Å². The first-order chi connectivity index (χ1) is 11.3. The van der Waals surface area contributed by atoms with Crippen LogP contribution in [0.1, 0.15) is 11.1 Å². The van der Waals surface area contributed by atoms with Gasteiger partial charge in [0.15, 0.2) is 6.10 Å². The highest BCUT2D eigenvalue weighted by Crippen LogP contribution is 2.27. The van der Waals surface area contributed by atoms with Crippen LogP contribution in [0.2, 0.25) is 0 Å². The average Bonchev–Trinajstić information content (AvgIpc) is 2.61. The Hall–Kier alpha value is -2.66. The van der Waals surface area contributed by atoms with Crippen molar-refractivity contribution in [2.24, 2.45) is 0 Å². The van der Waals surface area contributed by atoms with Crippen LogP contribution in [0.5, 0.6) is 0 Å². The number of nitrogens with zero attached hydrogens (tertiary/aromatic N) is 1. The SMILES string of the molecule is O=CO[C@@H]1[C@H](OCc2ccccc2)C(=O)N1Cc1ccccc1. The predicted molar refractivity (Wildman–Crippen MR) is 82.9 cm³/mol. The molecule has 1 aliphatic rings. The van der Waals surface area contributed by atoms with E-state index in [4.69, 9.17) is 9.47 Å². The quantitative estimate of drug-likeness (QED) is 0.580. The Kier molecular flexibility index (Phi) is 4.68. The summed E-state index contributed by atoms with van der Waals surface area (Å²) < 4.78 is 10.7. The number of hydrogen-bond donors (Lipinski definition) is 0. The van der Waals surface area contributed by atoms with Crippen molar-refractivity contribution in [3.63, 3.8) is 0 Å². The van der Waals surface area contributed by atoms with Crippen LogP contribution in [0, 0.1) is 0 Å². The fourth-order valence-electron chi connectivity index (χ4n) is 2.56.